The van der Waals surface area contributed by atoms with E-state index in [0.717, 1.165) is 33.7 Å². The summed E-state index contributed by atoms with van der Waals surface area (Å²) < 4.78 is 1.85. The van der Waals surface area contributed by atoms with Crippen molar-refractivity contribution in [1.82, 2.24) is 24.8 Å². The second kappa shape index (κ2) is 9.23. The number of rotatable bonds is 8. The molecule has 0 radical (unpaired) electrons. The van der Waals surface area contributed by atoms with Crippen molar-refractivity contribution < 1.29 is 4.79 Å². The Morgan fingerprint density at radius 3 is 2.61 bits per heavy atom. The van der Waals surface area contributed by atoms with Gasteiger partial charge in [-0.3, -0.25) is 4.79 Å². The normalized spacial score (nSPS) is 11.9. The predicted molar refractivity (Wildman–Crippen MR) is 129 cm³/mol. The summed E-state index contributed by atoms with van der Waals surface area (Å²) in [6.07, 6.45) is 0. The molecule has 0 aliphatic rings. The summed E-state index contributed by atoms with van der Waals surface area (Å²) in [4.78, 5) is 21.8. The summed E-state index contributed by atoms with van der Waals surface area (Å²) >= 11 is 1.47. The maximum atomic E-state index is 12.3. The van der Waals surface area contributed by atoms with Crippen molar-refractivity contribution in [1.29, 1.82) is 0 Å². The lowest BCUT2D eigenvalue weighted by Crippen LogP contribution is -2.38. The molecule has 0 aliphatic carbocycles. The number of hydrogen-bond acceptors (Lipinski definition) is 7. The van der Waals surface area contributed by atoms with Gasteiger partial charge in [0.1, 0.15) is 5.69 Å². The monoisotopic (exact) mass is 443 g/mol. The fraction of sp³-hybridized carbons (Fsp3) is 0.500. The molecule has 0 bridgehead atoms. The van der Waals surface area contributed by atoms with Crippen LogP contribution in [0.5, 0.6) is 0 Å². The van der Waals surface area contributed by atoms with Gasteiger partial charge in [-0.2, -0.15) is 4.52 Å². The number of carbonyl (C=O) groups is 1. The summed E-state index contributed by atoms with van der Waals surface area (Å²) in [6.45, 7) is 10.1. The number of nitrogens with zero attached hydrogens (tertiary/aromatic N) is 5. The highest BCUT2D eigenvalue weighted by Crippen LogP contribution is 2.34. The van der Waals surface area contributed by atoms with Crippen LogP contribution in [0.25, 0.3) is 16.2 Å². The Labute approximate surface area is 188 Å². The number of carbonyl (C=O) groups excluding carboxylic acids is 1. The molecule has 9 heteroatoms. The lowest BCUT2D eigenvalue weighted by molar-refractivity contribution is -0.119. The molecule has 1 amide bonds. The van der Waals surface area contributed by atoms with Gasteiger partial charge < -0.3 is 20.4 Å². The molecular weight excluding hydrogens is 410 g/mol. The molecule has 0 fully saturated rings. The van der Waals surface area contributed by atoms with Crippen LogP contribution in [0, 0.1) is 6.92 Å². The van der Waals surface area contributed by atoms with E-state index in [1.165, 1.54) is 16.9 Å². The highest BCUT2D eigenvalue weighted by atomic mass is 32.1. The first-order valence-electron chi connectivity index (χ1n) is 10.4. The Morgan fingerprint density at radius 2 is 1.97 bits per heavy atom. The zero-order chi connectivity index (χ0) is 22.8. The number of fused-ring (bicyclic) bond motifs is 1. The Kier molecular flexibility index (Phi) is 6.86. The van der Waals surface area contributed by atoms with Gasteiger partial charge in [0.15, 0.2) is 5.82 Å². The van der Waals surface area contributed by atoms with Gasteiger partial charge in [-0.25, -0.2) is 4.98 Å². The Bertz CT molecular complexity index is 1050. The molecule has 31 heavy (non-hydrogen) atoms. The number of nitrogens with one attached hydrogen (secondary N) is 2. The fourth-order valence-electron chi connectivity index (χ4n) is 3.11. The molecule has 1 aromatic carbocycles. The number of aryl methyl sites for hydroxylation is 1. The average molecular weight is 444 g/mol. The van der Waals surface area contributed by atoms with Crippen molar-refractivity contribution in [3.8, 4) is 11.3 Å². The molecule has 0 saturated carbocycles. The first-order chi connectivity index (χ1) is 14.5. The van der Waals surface area contributed by atoms with Gasteiger partial charge in [-0.05, 0) is 47.9 Å². The number of aromatic nitrogens is 3. The minimum Gasteiger partial charge on any atom is -0.364 e. The van der Waals surface area contributed by atoms with Crippen LogP contribution in [-0.4, -0.2) is 71.7 Å². The van der Waals surface area contributed by atoms with Crippen molar-refractivity contribution in [3.63, 3.8) is 0 Å². The lowest BCUT2D eigenvalue weighted by Gasteiger charge is -2.22. The molecule has 0 atom stereocenters. The fourth-order valence-corrected chi connectivity index (χ4v) is 3.97. The zero-order valence-corrected chi connectivity index (χ0v) is 20.3. The number of amides is 1. The van der Waals surface area contributed by atoms with E-state index in [-0.39, 0.29) is 18.0 Å². The van der Waals surface area contributed by atoms with Crippen LogP contribution in [0.4, 0.5) is 10.9 Å². The van der Waals surface area contributed by atoms with Crippen molar-refractivity contribution in [2.45, 2.75) is 33.2 Å². The Balaban J connectivity index is 1.87. The average Bonchev–Trinajstić information content (AvgIpc) is 3.20. The molecular formula is C22H33N7OS. The maximum absolute atomic E-state index is 12.3. The quantitative estimate of drug-likeness (QED) is 0.557. The number of likely N-dealkylation sites (N-methyl/N-ethyl adjacent to an activating group) is 2. The van der Waals surface area contributed by atoms with Gasteiger partial charge >= 0.3 is 0 Å². The van der Waals surface area contributed by atoms with E-state index < -0.39 is 0 Å². The summed E-state index contributed by atoms with van der Waals surface area (Å²) in [5.74, 6) is 0.838. The lowest BCUT2D eigenvalue weighted by atomic mass is 10.1. The van der Waals surface area contributed by atoms with E-state index in [0.29, 0.717) is 6.54 Å². The summed E-state index contributed by atoms with van der Waals surface area (Å²) in [6, 6.07) is 8.32. The molecule has 0 spiro atoms. The first-order valence-corrected chi connectivity index (χ1v) is 11.2. The number of anilines is 2. The van der Waals surface area contributed by atoms with Gasteiger partial charge in [-0.15, -0.1) is 5.10 Å². The molecule has 168 valence electrons. The van der Waals surface area contributed by atoms with Crippen LogP contribution < -0.4 is 15.5 Å². The molecule has 0 saturated heterocycles. The first kappa shape index (κ1) is 23.0. The number of imidazole rings is 1. The summed E-state index contributed by atoms with van der Waals surface area (Å²) in [7, 11) is 5.85. The van der Waals surface area contributed by atoms with Crippen LogP contribution in [0.2, 0.25) is 0 Å². The topological polar surface area (TPSA) is 77.8 Å². The predicted octanol–water partition coefficient (Wildman–Crippen LogP) is 3.09. The SMILES string of the molecule is Cc1cccc(-c2nc3sc(N(C)CC(=O)NCCN(C)C)nn3c2NC(C)(C)C)c1. The Morgan fingerprint density at radius 1 is 1.23 bits per heavy atom. The largest absolute Gasteiger partial charge is 0.364 e. The van der Waals surface area contributed by atoms with Crippen LogP contribution >= 0.6 is 11.3 Å². The van der Waals surface area contributed by atoms with Crippen molar-refractivity contribution >= 4 is 33.2 Å². The Hall–Kier alpha value is -2.65. The van der Waals surface area contributed by atoms with E-state index in [4.69, 9.17) is 10.1 Å². The molecule has 3 rings (SSSR count). The summed E-state index contributed by atoms with van der Waals surface area (Å²) in [5.41, 5.74) is 2.97. The standard InChI is InChI=1S/C22H33N7OS/c1-15-9-8-10-16(13-15)18-19(25-22(2,3)4)29-20(24-18)31-21(26-29)28(7)14-17(30)23-11-12-27(5)6/h8-10,13,25H,11-12,14H2,1-7H3,(H,23,30). The highest BCUT2D eigenvalue weighted by molar-refractivity contribution is 7.20. The number of benzene rings is 1. The highest BCUT2D eigenvalue weighted by Gasteiger charge is 2.23. The van der Waals surface area contributed by atoms with Crippen molar-refractivity contribution in [3.05, 3.63) is 29.8 Å². The van der Waals surface area contributed by atoms with Crippen molar-refractivity contribution in [2.75, 3.05) is 51.0 Å². The van der Waals surface area contributed by atoms with Crippen LogP contribution in [0.15, 0.2) is 24.3 Å². The van der Waals surface area contributed by atoms with E-state index in [9.17, 15) is 4.79 Å². The molecule has 2 N–H and O–H groups in total. The van der Waals surface area contributed by atoms with E-state index in [2.05, 4.69) is 56.5 Å². The van der Waals surface area contributed by atoms with E-state index in [1.54, 1.807) is 0 Å². The molecule has 3 aromatic rings. The third-order valence-electron chi connectivity index (χ3n) is 4.57. The van der Waals surface area contributed by atoms with Gasteiger partial charge in [0.2, 0.25) is 16.0 Å². The van der Waals surface area contributed by atoms with Crippen LogP contribution in [0.3, 0.4) is 0 Å². The van der Waals surface area contributed by atoms with Crippen LogP contribution in [-0.2, 0) is 4.79 Å². The zero-order valence-electron chi connectivity index (χ0n) is 19.5. The second-order valence-corrected chi connectivity index (χ2v) is 10.1. The molecule has 0 aliphatic heterocycles. The minimum atomic E-state index is -0.156. The third-order valence-corrected chi connectivity index (χ3v) is 5.59. The van der Waals surface area contributed by atoms with E-state index in [1.807, 2.05) is 41.5 Å². The van der Waals surface area contributed by atoms with E-state index >= 15 is 0 Å². The molecule has 0 unspecified atom stereocenters. The maximum Gasteiger partial charge on any atom is 0.239 e. The van der Waals surface area contributed by atoms with Crippen LogP contribution in [0.1, 0.15) is 26.3 Å². The van der Waals surface area contributed by atoms with Gasteiger partial charge in [0.05, 0.1) is 6.54 Å². The smallest absolute Gasteiger partial charge is 0.239 e. The molecule has 8 nitrogen and oxygen atoms in total. The third kappa shape index (κ3) is 5.95. The minimum absolute atomic E-state index is 0.0225. The molecule has 2 aromatic heterocycles. The summed E-state index contributed by atoms with van der Waals surface area (Å²) in [5, 5.41) is 12.0. The van der Waals surface area contributed by atoms with Gasteiger partial charge in [-0.1, -0.05) is 35.1 Å². The van der Waals surface area contributed by atoms with Crippen molar-refractivity contribution in [2.24, 2.45) is 0 Å². The van der Waals surface area contributed by atoms with Gasteiger partial charge in [0, 0.05) is 31.2 Å². The second-order valence-electron chi connectivity index (χ2n) is 9.14. The van der Waals surface area contributed by atoms with Gasteiger partial charge in [0.25, 0.3) is 0 Å². The molecule has 2 heterocycles. The number of hydrogen-bond donors (Lipinski definition) is 2.